The Morgan fingerprint density at radius 3 is 2.38 bits per heavy atom. The third kappa shape index (κ3) is 6.07. The summed E-state index contributed by atoms with van der Waals surface area (Å²) in [7, 11) is -3.86. The number of nitrogens with one attached hydrogen (secondary N) is 1. The molecular formula is C26H23F5N2O5S. The second-order valence-electron chi connectivity index (χ2n) is 9.54. The standard InChI is InChI=1S/C26H23F5N2O5S/c1-3-14-6-22(33(11-14)25(35)15-7-18(27)10-19(8-15)39(2,36)37)24(34)32-23(16-12-38-13-16)20-5-4-17(9-21(20)28)26(29,30)31/h1,4-5,7-10,14,16,22-23H,6,11-13H2,2H3,(H,32,34)/t14-,22-,23-/m1/s1. The van der Waals surface area contributed by atoms with E-state index in [1.54, 1.807) is 0 Å². The van der Waals surface area contributed by atoms with Crippen molar-refractivity contribution in [3.05, 3.63) is 64.7 Å². The van der Waals surface area contributed by atoms with Crippen molar-refractivity contribution in [1.29, 1.82) is 0 Å². The van der Waals surface area contributed by atoms with Crippen LogP contribution in [0.2, 0.25) is 0 Å². The zero-order valence-corrected chi connectivity index (χ0v) is 21.3. The van der Waals surface area contributed by atoms with Gasteiger partial charge in [0.2, 0.25) is 5.91 Å². The Morgan fingerprint density at radius 2 is 1.85 bits per heavy atom. The molecule has 2 aromatic rings. The van der Waals surface area contributed by atoms with Gasteiger partial charge in [0.25, 0.3) is 5.91 Å². The number of carbonyl (C=O) groups is 2. The first-order valence-corrected chi connectivity index (χ1v) is 13.6. The van der Waals surface area contributed by atoms with Crippen LogP contribution in [0, 0.1) is 35.8 Å². The van der Waals surface area contributed by atoms with Crippen molar-refractivity contribution >= 4 is 21.7 Å². The molecule has 0 radical (unpaired) electrons. The lowest BCUT2D eigenvalue weighted by molar-refractivity contribution is -0.138. The highest BCUT2D eigenvalue weighted by Crippen LogP contribution is 2.35. The molecule has 1 N–H and O–H groups in total. The maximum atomic E-state index is 14.8. The van der Waals surface area contributed by atoms with Crippen LogP contribution >= 0.6 is 0 Å². The summed E-state index contributed by atoms with van der Waals surface area (Å²) in [4.78, 5) is 27.4. The summed E-state index contributed by atoms with van der Waals surface area (Å²) in [5.74, 6) is -2.30. The number of nitrogens with zero attached hydrogens (tertiary/aromatic N) is 1. The number of rotatable bonds is 6. The van der Waals surface area contributed by atoms with E-state index in [1.807, 2.05) is 0 Å². The van der Waals surface area contributed by atoms with E-state index >= 15 is 0 Å². The van der Waals surface area contributed by atoms with Gasteiger partial charge in [-0.25, -0.2) is 17.2 Å². The molecule has 0 aliphatic carbocycles. The largest absolute Gasteiger partial charge is 0.416 e. The monoisotopic (exact) mass is 570 g/mol. The molecule has 0 aromatic heterocycles. The highest BCUT2D eigenvalue weighted by molar-refractivity contribution is 7.90. The molecule has 208 valence electrons. The Hall–Kier alpha value is -3.50. The quantitative estimate of drug-likeness (QED) is 0.425. The van der Waals surface area contributed by atoms with Gasteiger partial charge >= 0.3 is 6.18 Å². The Balaban J connectivity index is 1.63. The molecule has 2 fully saturated rings. The zero-order valence-electron chi connectivity index (χ0n) is 20.5. The number of ether oxygens (including phenoxy) is 1. The van der Waals surface area contributed by atoms with Crippen molar-refractivity contribution in [3.8, 4) is 12.3 Å². The Bertz CT molecular complexity index is 1450. The molecule has 2 aromatic carbocycles. The highest BCUT2D eigenvalue weighted by atomic mass is 32.2. The lowest BCUT2D eigenvalue weighted by atomic mass is 9.90. The van der Waals surface area contributed by atoms with Crippen LogP contribution in [0.25, 0.3) is 0 Å². The van der Waals surface area contributed by atoms with E-state index in [2.05, 4.69) is 11.2 Å². The van der Waals surface area contributed by atoms with Crippen LogP contribution in [0.3, 0.4) is 0 Å². The first-order valence-electron chi connectivity index (χ1n) is 11.7. The molecule has 0 saturated carbocycles. The number of carbonyl (C=O) groups excluding carboxylic acids is 2. The topological polar surface area (TPSA) is 92.8 Å². The molecule has 0 unspecified atom stereocenters. The first-order chi connectivity index (χ1) is 18.2. The minimum Gasteiger partial charge on any atom is -0.381 e. The molecule has 3 atom stereocenters. The molecule has 2 saturated heterocycles. The Kier molecular flexibility index (Phi) is 7.73. The van der Waals surface area contributed by atoms with E-state index in [4.69, 9.17) is 11.2 Å². The van der Waals surface area contributed by atoms with Gasteiger partial charge in [0.05, 0.1) is 29.7 Å². The summed E-state index contributed by atoms with van der Waals surface area (Å²) in [6.45, 7) is 0.135. The van der Waals surface area contributed by atoms with Crippen molar-refractivity contribution in [2.45, 2.75) is 29.6 Å². The van der Waals surface area contributed by atoms with E-state index in [-0.39, 0.29) is 37.3 Å². The lowest BCUT2D eigenvalue weighted by Crippen LogP contribution is -2.50. The molecule has 13 heteroatoms. The smallest absolute Gasteiger partial charge is 0.381 e. The molecule has 0 bridgehead atoms. The summed E-state index contributed by atoms with van der Waals surface area (Å²) in [5.41, 5.74) is -1.69. The number of benzene rings is 2. The number of sulfone groups is 1. The molecule has 4 rings (SSSR count). The van der Waals surface area contributed by atoms with Gasteiger partial charge in [-0.3, -0.25) is 9.59 Å². The van der Waals surface area contributed by atoms with Crippen LogP contribution in [0.5, 0.6) is 0 Å². The van der Waals surface area contributed by atoms with E-state index in [9.17, 15) is 40.0 Å². The van der Waals surface area contributed by atoms with Gasteiger partial charge in [-0.15, -0.1) is 12.3 Å². The van der Waals surface area contributed by atoms with Crippen LogP contribution in [-0.2, 0) is 25.5 Å². The molecule has 2 heterocycles. The number of hydrogen-bond acceptors (Lipinski definition) is 5. The van der Waals surface area contributed by atoms with Gasteiger partial charge in [-0.05, 0) is 36.8 Å². The number of likely N-dealkylation sites (tertiary alicyclic amines) is 1. The van der Waals surface area contributed by atoms with Gasteiger partial charge in [0.1, 0.15) is 17.7 Å². The zero-order chi connectivity index (χ0) is 28.7. The van der Waals surface area contributed by atoms with Crippen molar-refractivity contribution in [3.63, 3.8) is 0 Å². The molecule has 2 aliphatic rings. The van der Waals surface area contributed by atoms with Gasteiger partial charge in [-0.1, -0.05) is 6.07 Å². The van der Waals surface area contributed by atoms with Crippen molar-refractivity contribution in [1.82, 2.24) is 10.2 Å². The second kappa shape index (κ2) is 10.6. The van der Waals surface area contributed by atoms with E-state index in [0.717, 1.165) is 35.4 Å². The van der Waals surface area contributed by atoms with Crippen LogP contribution in [0.1, 0.15) is 33.9 Å². The second-order valence-corrected chi connectivity index (χ2v) is 11.6. The van der Waals surface area contributed by atoms with Gasteiger partial charge in [0.15, 0.2) is 9.84 Å². The SMILES string of the molecule is C#C[C@@H]1C[C@H](C(=O)N[C@@H](c2ccc(C(F)(F)F)cc2F)C2COC2)N(C(=O)c2cc(F)cc(S(C)(=O)=O)c2)C1. The fourth-order valence-corrected chi connectivity index (χ4v) is 5.26. The summed E-state index contributed by atoms with van der Waals surface area (Å²) in [5, 5.41) is 2.63. The maximum absolute atomic E-state index is 14.8. The van der Waals surface area contributed by atoms with Crippen LogP contribution in [0.15, 0.2) is 41.3 Å². The molecule has 2 amide bonds. The van der Waals surface area contributed by atoms with Crippen LogP contribution in [-0.4, -0.2) is 57.2 Å². The van der Waals surface area contributed by atoms with Crippen LogP contribution < -0.4 is 5.32 Å². The van der Waals surface area contributed by atoms with E-state index in [0.29, 0.717) is 12.1 Å². The van der Waals surface area contributed by atoms with Crippen LogP contribution in [0.4, 0.5) is 22.0 Å². The van der Waals surface area contributed by atoms with E-state index < -0.39 is 73.8 Å². The molecule has 2 aliphatic heterocycles. The number of hydrogen-bond donors (Lipinski definition) is 1. The summed E-state index contributed by atoms with van der Waals surface area (Å²) in [6.07, 6.45) is 1.62. The molecule has 0 spiro atoms. The number of halogens is 5. The fraction of sp³-hybridized carbons (Fsp3) is 0.385. The third-order valence-corrected chi connectivity index (χ3v) is 7.83. The number of alkyl halides is 3. The first kappa shape index (κ1) is 28.5. The van der Waals surface area contributed by atoms with Crippen molar-refractivity contribution in [2.24, 2.45) is 11.8 Å². The number of amides is 2. The minimum absolute atomic E-state index is 0.00566. The molecule has 7 nitrogen and oxygen atoms in total. The van der Waals surface area contributed by atoms with Gasteiger partial charge in [-0.2, -0.15) is 13.2 Å². The van der Waals surface area contributed by atoms with Crippen molar-refractivity contribution < 1.29 is 44.7 Å². The third-order valence-electron chi connectivity index (χ3n) is 6.74. The summed E-state index contributed by atoms with van der Waals surface area (Å²) < 4.78 is 97.1. The Morgan fingerprint density at radius 1 is 1.15 bits per heavy atom. The minimum atomic E-state index is -4.76. The molecule has 39 heavy (non-hydrogen) atoms. The predicted octanol–water partition coefficient (Wildman–Crippen LogP) is 3.35. The lowest BCUT2D eigenvalue weighted by Gasteiger charge is -2.36. The predicted molar refractivity (Wildman–Crippen MR) is 128 cm³/mol. The van der Waals surface area contributed by atoms with Crippen molar-refractivity contribution in [2.75, 3.05) is 26.0 Å². The van der Waals surface area contributed by atoms with E-state index in [1.165, 1.54) is 0 Å². The fourth-order valence-electron chi connectivity index (χ4n) is 4.60. The molecular weight excluding hydrogens is 547 g/mol. The van der Waals surface area contributed by atoms with Gasteiger partial charge in [0, 0.05) is 35.8 Å². The van der Waals surface area contributed by atoms with Gasteiger partial charge < -0.3 is 15.0 Å². The maximum Gasteiger partial charge on any atom is 0.416 e. The average molecular weight is 571 g/mol. The highest BCUT2D eigenvalue weighted by Gasteiger charge is 2.42. The number of terminal acetylenes is 1. The average Bonchev–Trinajstić information content (AvgIpc) is 3.25. The Labute approximate surface area is 221 Å². The summed E-state index contributed by atoms with van der Waals surface area (Å²) in [6, 6.07) is 2.33. The summed E-state index contributed by atoms with van der Waals surface area (Å²) >= 11 is 0. The normalized spacial score (nSPS) is 20.7.